The molecule has 4 heteroatoms. The summed E-state index contributed by atoms with van der Waals surface area (Å²) in [6.45, 7) is 5.59. The predicted molar refractivity (Wildman–Crippen MR) is 62.5 cm³/mol. The van der Waals surface area contributed by atoms with Gasteiger partial charge in [0.25, 0.3) is 0 Å². The molecule has 0 aromatic carbocycles. The number of likely N-dealkylation sites (tertiary alicyclic amines) is 1. The lowest BCUT2D eigenvalue weighted by Crippen LogP contribution is -2.31. The first kappa shape index (κ1) is 12.5. The van der Waals surface area contributed by atoms with Crippen LogP contribution < -0.4 is 0 Å². The van der Waals surface area contributed by atoms with Crippen LogP contribution in [-0.4, -0.2) is 29.7 Å². The minimum atomic E-state index is 0. The monoisotopic (exact) mass is 230 g/mol. The summed E-state index contributed by atoms with van der Waals surface area (Å²) in [6, 6.07) is 2.03. The van der Waals surface area contributed by atoms with Crippen molar-refractivity contribution in [1.29, 1.82) is 0 Å². The number of aromatic nitrogens is 1. The first-order valence-corrected chi connectivity index (χ1v) is 5.49. The van der Waals surface area contributed by atoms with Crippen LogP contribution in [0.4, 0.5) is 0 Å². The second-order valence-electron chi connectivity index (χ2n) is 4.08. The molecule has 1 aliphatic heterocycles. The summed E-state index contributed by atoms with van der Waals surface area (Å²) in [5, 5.41) is 4.00. The van der Waals surface area contributed by atoms with Gasteiger partial charge in [-0.3, -0.25) is 0 Å². The normalized spacial score (nSPS) is 17.4. The van der Waals surface area contributed by atoms with E-state index in [2.05, 4.69) is 10.1 Å². The molecule has 0 N–H and O–H groups in total. The van der Waals surface area contributed by atoms with Crippen LogP contribution in [0.25, 0.3) is 0 Å². The van der Waals surface area contributed by atoms with Crippen LogP contribution >= 0.6 is 12.4 Å². The maximum absolute atomic E-state index is 5.04. The van der Waals surface area contributed by atoms with Crippen LogP contribution in [-0.2, 0) is 6.42 Å². The van der Waals surface area contributed by atoms with Crippen molar-refractivity contribution >= 4 is 12.4 Å². The number of piperidine rings is 1. The number of rotatable bonds is 3. The standard InChI is InChI=1S/C11H18N2O.ClH/c1-10-9-11(12-14-10)5-8-13-6-3-2-4-7-13;/h9H,2-8H2,1H3;1H. The van der Waals surface area contributed by atoms with Gasteiger partial charge in [-0.2, -0.15) is 0 Å². The molecule has 0 bridgehead atoms. The van der Waals surface area contributed by atoms with Crippen molar-refractivity contribution in [2.75, 3.05) is 19.6 Å². The highest BCUT2D eigenvalue weighted by atomic mass is 35.5. The minimum Gasteiger partial charge on any atom is -0.361 e. The number of hydrogen-bond donors (Lipinski definition) is 0. The summed E-state index contributed by atoms with van der Waals surface area (Å²) >= 11 is 0. The Labute approximate surface area is 97.2 Å². The third-order valence-corrected chi connectivity index (χ3v) is 2.81. The van der Waals surface area contributed by atoms with E-state index < -0.39 is 0 Å². The van der Waals surface area contributed by atoms with E-state index in [0.717, 1.165) is 24.4 Å². The summed E-state index contributed by atoms with van der Waals surface area (Å²) in [5.74, 6) is 0.915. The van der Waals surface area contributed by atoms with E-state index in [9.17, 15) is 0 Å². The molecule has 0 radical (unpaired) electrons. The molecule has 0 saturated carbocycles. The third kappa shape index (κ3) is 3.84. The van der Waals surface area contributed by atoms with E-state index in [1.54, 1.807) is 0 Å². The predicted octanol–water partition coefficient (Wildman–Crippen LogP) is 2.43. The average Bonchev–Trinajstić information content (AvgIpc) is 2.63. The first-order chi connectivity index (χ1) is 6.84. The second kappa shape index (κ2) is 6.13. The van der Waals surface area contributed by atoms with Gasteiger partial charge in [-0.15, -0.1) is 12.4 Å². The number of hydrogen-bond acceptors (Lipinski definition) is 3. The minimum absolute atomic E-state index is 0. The molecule has 2 rings (SSSR count). The fraction of sp³-hybridized carbons (Fsp3) is 0.727. The van der Waals surface area contributed by atoms with Crippen molar-refractivity contribution in [3.8, 4) is 0 Å². The van der Waals surface area contributed by atoms with Gasteiger partial charge in [-0.05, 0) is 32.9 Å². The SMILES string of the molecule is Cc1cc(CCN2CCCCC2)no1.Cl. The van der Waals surface area contributed by atoms with Gasteiger partial charge in [0.05, 0.1) is 5.69 Å². The van der Waals surface area contributed by atoms with Gasteiger partial charge >= 0.3 is 0 Å². The zero-order valence-corrected chi connectivity index (χ0v) is 10.1. The quantitative estimate of drug-likeness (QED) is 0.799. The Hall–Kier alpha value is -0.540. The number of aryl methyl sites for hydroxylation is 1. The maximum Gasteiger partial charge on any atom is 0.133 e. The molecule has 1 saturated heterocycles. The van der Waals surface area contributed by atoms with Gasteiger partial charge in [-0.25, -0.2) is 0 Å². The average molecular weight is 231 g/mol. The second-order valence-corrected chi connectivity index (χ2v) is 4.08. The van der Waals surface area contributed by atoms with Gasteiger partial charge in [-0.1, -0.05) is 11.6 Å². The molecule has 0 unspecified atom stereocenters. The van der Waals surface area contributed by atoms with Gasteiger partial charge in [0, 0.05) is 19.0 Å². The van der Waals surface area contributed by atoms with Gasteiger partial charge < -0.3 is 9.42 Å². The molecular weight excluding hydrogens is 212 g/mol. The zero-order valence-electron chi connectivity index (χ0n) is 9.24. The van der Waals surface area contributed by atoms with Crippen LogP contribution in [0, 0.1) is 6.92 Å². The molecule has 2 heterocycles. The zero-order chi connectivity index (χ0) is 9.80. The molecule has 1 aliphatic rings. The lowest BCUT2D eigenvalue weighted by atomic mass is 10.1. The molecule has 0 aliphatic carbocycles. The fourth-order valence-corrected chi connectivity index (χ4v) is 1.99. The van der Waals surface area contributed by atoms with Crippen LogP contribution in [0.15, 0.2) is 10.6 Å². The summed E-state index contributed by atoms with van der Waals surface area (Å²) in [4.78, 5) is 2.52. The fourth-order valence-electron chi connectivity index (χ4n) is 1.99. The summed E-state index contributed by atoms with van der Waals surface area (Å²) in [7, 11) is 0. The van der Waals surface area contributed by atoms with Crippen molar-refractivity contribution in [1.82, 2.24) is 10.1 Å². The van der Waals surface area contributed by atoms with E-state index >= 15 is 0 Å². The topological polar surface area (TPSA) is 29.3 Å². The third-order valence-electron chi connectivity index (χ3n) is 2.81. The Morgan fingerprint density at radius 3 is 2.67 bits per heavy atom. The molecule has 1 aromatic rings. The Morgan fingerprint density at radius 2 is 2.07 bits per heavy atom. The van der Waals surface area contributed by atoms with Crippen LogP contribution in [0.5, 0.6) is 0 Å². The molecule has 1 fully saturated rings. The molecule has 1 aromatic heterocycles. The molecule has 0 amide bonds. The molecule has 0 spiro atoms. The van der Waals surface area contributed by atoms with Crippen molar-refractivity contribution in [3.05, 3.63) is 17.5 Å². The summed E-state index contributed by atoms with van der Waals surface area (Å²) in [5.41, 5.74) is 1.09. The summed E-state index contributed by atoms with van der Waals surface area (Å²) in [6.07, 6.45) is 5.15. The van der Waals surface area contributed by atoms with E-state index in [1.165, 1.54) is 32.4 Å². The Morgan fingerprint density at radius 1 is 1.33 bits per heavy atom. The van der Waals surface area contributed by atoms with Gasteiger partial charge in [0.2, 0.25) is 0 Å². The Bertz CT molecular complexity index is 282. The van der Waals surface area contributed by atoms with Crippen molar-refractivity contribution in [2.24, 2.45) is 0 Å². The van der Waals surface area contributed by atoms with Crippen molar-refractivity contribution < 1.29 is 4.52 Å². The van der Waals surface area contributed by atoms with Crippen LogP contribution in [0.1, 0.15) is 30.7 Å². The highest BCUT2D eigenvalue weighted by Gasteiger charge is 2.10. The number of nitrogens with zero attached hydrogens (tertiary/aromatic N) is 2. The highest BCUT2D eigenvalue weighted by Crippen LogP contribution is 2.10. The van der Waals surface area contributed by atoms with Crippen LogP contribution in [0.2, 0.25) is 0 Å². The van der Waals surface area contributed by atoms with Gasteiger partial charge in [0.15, 0.2) is 0 Å². The van der Waals surface area contributed by atoms with Crippen molar-refractivity contribution in [3.63, 3.8) is 0 Å². The molecule has 15 heavy (non-hydrogen) atoms. The Kier molecular flexibility index (Phi) is 5.12. The highest BCUT2D eigenvalue weighted by molar-refractivity contribution is 5.85. The largest absolute Gasteiger partial charge is 0.361 e. The first-order valence-electron chi connectivity index (χ1n) is 5.49. The molecule has 0 atom stereocenters. The maximum atomic E-state index is 5.04. The van der Waals surface area contributed by atoms with Crippen LogP contribution in [0.3, 0.4) is 0 Å². The van der Waals surface area contributed by atoms with E-state index in [1.807, 2.05) is 13.0 Å². The van der Waals surface area contributed by atoms with Crippen molar-refractivity contribution in [2.45, 2.75) is 32.6 Å². The van der Waals surface area contributed by atoms with E-state index in [0.29, 0.717) is 0 Å². The van der Waals surface area contributed by atoms with E-state index in [4.69, 9.17) is 4.52 Å². The van der Waals surface area contributed by atoms with E-state index in [-0.39, 0.29) is 12.4 Å². The molecule has 86 valence electrons. The Balaban J connectivity index is 0.00000112. The lowest BCUT2D eigenvalue weighted by Gasteiger charge is -2.25. The lowest BCUT2D eigenvalue weighted by molar-refractivity contribution is 0.230. The molecule has 3 nitrogen and oxygen atoms in total. The summed E-state index contributed by atoms with van der Waals surface area (Å²) < 4.78 is 5.04. The number of halogens is 1. The molecular formula is C11H19ClN2O. The smallest absolute Gasteiger partial charge is 0.133 e. The van der Waals surface area contributed by atoms with Gasteiger partial charge in [0.1, 0.15) is 5.76 Å².